The number of amides is 2. The van der Waals surface area contributed by atoms with Crippen LogP contribution in [0.5, 0.6) is 0 Å². The van der Waals surface area contributed by atoms with Crippen molar-refractivity contribution in [2.45, 2.75) is 38.1 Å². The third-order valence-corrected chi connectivity index (χ3v) is 4.77. The van der Waals surface area contributed by atoms with Gasteiger partial charge < -0.3 is 10.2 Å². The second-order valence-corrected chi connectivity index (χ2v) is 6.41. The van der Waals surface area contributed by atoms with Gasteiger partial charge in [0.2, 0.25) is 11.8 Å². The van der Waals surface area contributed by atoms with E-state index in [0.717, 1.165) is 30.8 Å². The van der Waals surface area contributed by atoms with Crippen LogP contribution in [0.4, 0.5) is 0 Å². The number of carbonyl (C=O) groups is 2. The quantitative estimate of drug-likeness (QED) is 0.868. The third-order valence-electron chi connectivity index (χ3n) is 3.91. The van der Waals surface area contributed by atoms with E-state index in [0.29, 0.717) is 25.3 Å². The summed E-state index contributed by atoms with van der Waals surface area (Å²) in [5, 5.41) is 6.03. The molecule has 2 fully saturated rings. The second kappa shape index (κ2) is 5.91. The van der Waals surface area contributed by atoms with Crippen molar-refractivity contribution in [2.75, 3.05) is 13.1 Å². The van der Waals surface area contributed by atoms with Crippen LogP contribution in [0.1, 0.15) is 43.2 Å². The van der Waals surface area contributed by atoms with Gasteiger partial charge in [-0.2, -0.15) is 0 Å². The van der Waals surface area contributed by atoms with E-state index in [-0.39, 0.29) is 17.9 Å². The van der Waals surface area contributed by atoms with Crippen LogP contribution in [0.15, 0.2) is 11.6 Å². The van der Waals surface area contributed by atoms with E-state index >= 15 is 0 Å². The molecule has 6 heteroatoms. The summed E-state index contributed by atoms with van der Waals surface area (Å²) < 4.78 is 0. The predicted octanol–water partition coefficient (Wildman–Crippen LogP) is 1.72. The molecule has 0 unspecified atom stereocenters. The SMILES string of the molecule is O=C(CCN1CCCC1=O)N[C@H](c1nccs1)C1CC1. The zero-order valence-electron chi connectivity index (χ0n) is 11.4. The number of likely N-dealkylation sites (tertiary alicyclic amines) is 1. The molecule has 0 spiro atoms. The maximum Gasteiger partial charge on any atom is 0.222 e. The predicted molar refractivity (Wildman–Crippen MR) is 76.2 cm³/mol. The van der Waals surface area contributed by atoms with Crippen molar-refractivity contribution in [3.63, 3.8) is 0 Å². The minimum absolute atomic E-state index is 0.0248. The van der Waals surface area contributed by atoms with Crippen LogP contribution in [-0.2, 0) is 9.59 Å². The molecule has 5 nitrogen and oxygen atoms in total. The average molecular weight is 293 g/mol. The first-order valence-electron chi connectivity index (χ1n) is 7.20. The van der Waals surface area contributed by atoms with Crippen LogP contribution >= 0.6 is 11.3 Å². The van der Waals surface area contributed by atoms with Crippen molar-refractivity contribution < 1.29 is 9.59 Å². The highest BCUT2D eigenvalue weighted by molar-refractivity contribution is 7.09. The monoisotopic (exact) mass is 293 g/mol. The Morgan fingerprint density at radius 1 is 1.55 bits per heavy atom. The minimum Gasteiger partial charge on any atom is -0.347 e. The van der Waals surface area contributed by atoms with Gasteiger partial charge in [-0.25, -0.2) is 4.98 Å². The van der Waals surface area contributed by atoms with Crippen LogP contribution in [0.25, 0.3) is 0 Å². The van der Waals surface area contributed by atoms with Gasteiger partial charge in [-0.05, 0) is 25.2 Å². The van der Waals surface area contributed by atoms with Crippen LogP contribution in [0.2, 0.25) is 0 Å². The first-order valence-corrected chi connectivity index (χ1v) is 8.08. The highest BCUT2D eigenvalue weighted by atomic mass is 32.1. The number of rotatable bonds is 6. The molecule has 1 aliphatic carbocycles. The van der Waals surface area contributed by atoms with E-state index in [1.807, 2.05) is 5.38 Å². The topological polar surface area (TPSA) is 62.3 Å². The summed E-state index contributed by atoms with van der Waals surface area (Å²) in [6, 6.07) is 0.0665. The number of carbonyl (C=O) groups excluding carboxylic acids is 2. The molecular weight excluding hydrogens is 274 g/mol. The summed E-state index contributed by atoms with van der Waals surface area (Å²) in [6.07, 6.45) is 6.05. The lowest BCUT2D eigenvalue weighted by Gasteiger charge is -2.18. The molecule has 0 aromatic carbocycles. The lowest BCUT2D eigenvalue weighted by Crippen LogP contribution is -2.34. The fraction of sp³-hybridized carbons (Fsp3) is 0.643. The Bertz CT molecular complexity index is 485. The van der Waals surface area contributed by atoms with Crippen LogP contribution in [0, 0.1) is 5.92 Å². The largest absolute Gasteiger partial charge is 0.347 e. The summed E-state index contributed by atoms with van der Waals surface area (Å²) >= 11 is 1.59. The summed E-state index contributed by atoms with van der Waals surface area (Å²) in [4.78, 5) is 29.7. The van der Waals surface area contributed by atoms with E-state index in [4.69, 9.17) is 0 Å². The molecule has 2 amide bonds. The van der Waals surface area contributed by atoms with Gasteiger partial charge >= 0.3 is 0 Å². The van der Waals surface area contributed by atoms with Gasteiger partial charge in [0.15, 0.2) is 0 Å². The molecule has 2 aliphatic rings. The van der Waals surface area contributed by atoms with Gasteiger partial charge in [0.25, 0.3) is 0 Å². The number of nitrogens with zero attached hydrogens (tertiary/aromatic N) is 2. The summed E-state index contributed by atoms with van der Waals surface area (Å²) in [7, 11) is 0. The average Bonchev–Trinajstić information content (AvgIpc) is 2.96. The number of aromatic nitrogens is 1. The summed E-state index contributed by atoms with van der Waals surface area (Å²) in [5.41, 5.74) is 0. The fourth-order valence-corrected chi connectivity index (χ4v) is 3.40. The zero-order chi connectivity index (χ0) is 13.9. The Labute approximate surface area is 122 Å². The van der Waals surface area contributed by atoms with Crippen molar-refractivity contribution in [3.8, 4) is 0 Å². The molecule has 20 heavy (non-hydrogen) atoms. The van der Waals surface area contributed by atoms with Gasteiger partial charge in [-0.1, -0.05) is 0 Å². The highest BCUT2D eigenvalue weighted by Crippen LogP contribution is 2.41. The van der Waals surface area contributed by atoms with E-state index in [1.54, 1.807) is 22.4 Å². The van der Waals surface area contributed by atoms with Crippen LogP contribution in [0.3, 0.4) is 0 Å². The minimum atomic E-state index is 0.0248. The van der Waals surface area contributed by atoms with E-state index in [9.17, 15) is 9.59 Å². The molecule has 0 bridgehead atoms. The first kappa shape index (κ1) is 13.5. The smallest absolute Gasteiger partial charge is 0.222 e. The zero-order valence-corrected chi connectivity index (χ0v) is 12.2. The van der Waals surface area contributed by atoms with Gasteiger partial charge in [-0.3, -0.25) is 9.59 Å². The van der Waals surface area contributed by atoms with Crippen molar-refractivity contribution in [1.82, 2.24) is 15.2 Å². The first-order chi connectivity index (χ1) is 9.74. The van der Waals surface area contributed by atoms with E-state index < -0.39 is 0 Å². The van der Waals surface area contributed by atoms with Gasteiger partial charge in [0.05, 0.1) is 6.04 Å². The van der Waals surface area contributed by atoms with Gasteiger partial charge in [-0.15, -0.1) is 11.3 Å². The molecule has 1 aromatic rings. The van der Waals surface area contributed by atoms with E-state index in [1.165, 1.54) is 0 Å². The van der Waals surface area contributed by atoms with Crippen molar-refractivity contribution >= 4 is 23.2 Å². The molecule has 2 heterocycles. The summed E-state index contributed by atoms with van der Waals surface area (Å²) in [6.45, 7) is 1.34. The molecular formula is C14H19N3O2S. The molecule has 108 valence electrons. The number of thiazole rings is 1. The number of hydrogen-bond donors (Lipinski definition) is 1. The van der Waals surface area contributed by atoms with E-state index in [2.05, 4.69) is 10.3 Å². The molecule has 3 rings (SSSR count). The molecule has 1 N–H and O–H groups in total. The lowest BCUT2D eigenvalue weighted by atomic mass is 10.2. The maximum atomic E-state index is 12.1. The molecule has 1 saturated carbocycles. The highest BCUT2D eigenvalue weighted by Gasteiger charge is 2.35. The molecule has 1 aromatic heterocycles. The Morgan fingerprint density at radius 2 is 2.40 bits per heavy atom. The Morgan fingerprint density at radius 3 is 3.00 bits per heavy atom. The Balaban J connectivity index is 1.51. The normalized spacial score (nSPS) is 20.2. The number of nitrogens with one attached hydrogen (secondary N) is 1. The lowest BCUT2D eigenvalue weighted by molar-refractivity contribution is -0.128. The standard InChI is InChI=1S/C14H19N3O2S/c18-11(5-8-17-7-1-2-12(17)19)16-13(10-3-4-10)14-15-6-9-20-14/h6,9-10,13H,1-5,7-8H2,(H,16,18)/t13-/m0/s1. The van der Waals surface area contributed by atoms with Crippen LogP contribution < -0.4 is 5.32 Å². The molecule has 1 aliphatic heterocycles. The van der Waals surface area contributed by atoms with Crippen molar-refractivity contribution in [3.05, 3.63) is 16.6 Å². The number of hydrogen-bond acceptors (Lipinski definition) is 4. The second-order valence-electron chi connectivity index (χ2n) is 5.49. The van der Waals surface area contributed by atoms with Crippen molar-refractivity contribution in [1.29, 1.82) is 0 Å². The molecule has 1 saturated heterocycles. The van der Waals surface area contributed by atoms with Crippen molar-refractivity contribution in [2.24, 2.45) is 5.92 Å². The third kappa shape index (κ3) is 3.17. The maximum absolute atomic E-state index is 12.1. The van der Waals surface area contributed by atoms with Gasteiger partial charge in [0.1, 0.15) is 5.01 Å². The summed E-state index contributed by atoms with van der Waals surface area (Å²) in [5.74, 6) is 0.742. The fourth-order valence-electron chi connectivity index (χ4n) is 2.62. The Kier molecular flexibility index (Phi) is 4.00. The molecule has 0 radical (unpaired) electrons. The Hall–Kier alpha value is -1.43. The van der Waals surface area contributed by atoms with Gasteiger partial charge in [0, 0.05) is 37.5 Å². The molecule has 1 atom stereocenters. The van der Waals surface area contributed by atoms with Crippen LogP contribution in [-0.4, -0.2) is 34.8 Å².